The van der Waals surface area contributed by atoms with Crippen molar-refractivity contribution in [2.45, 2.75) is 6.42 Å². The Morgan fingerprint density at radius 2 is 0.672 bits per heavy atom. The number of rotatable bonds is 2. The quantitative estimate of drug-likeness (QED) is 0.173. The molecule has 0 spiro atoms. The van der Waals surface area contributed by atoms with Crippen LogP contribution in [0.25, 0.3) is 0 Å². The molecule has 3 aliphatic heterocycles. The molecule has 0 amide bonds. The molecule has 0 unspecified atom stereocenters. The molecule has 58 heavy (non-hydrogen) atoms. The van der Waals surface area contributed by atoms with E-state index in [1.807, 2.05) is 127 Å². The predicted octanol–water partition coefficient (Wildman–Crippen LogP) is 16.7. The van der Waals surface area contributed by atoms with Gasteiger partial charge in [0.25, 0.3) is 0 Å². The van der Waals surface area contributed by atoms with Crippen LogP contribution >= 0.6 is 55.1 Å². The molecular weight excluding hydrogens is 895 g/mol. The zero-order chi connectivity index (χ0) is 39.6. The zero-order valence-electron chi connectivity index (χ0n) is 30.7. The summed E-state index contributed by atoms with van der Waals surface area (Å²) in [5, 5.41) is 1.37. The molecule has 0 N–H and O–H groups in total. The Morgan fingerprint density at radius 1 is 0.362 bits per heavy atom. The van der Waals surface area contributed by atoms with E-state index in [2.05, 4.69) is 96.3 Å². The fourth-order valence-corrected chi connectivity index (χ4v) is 9.14. The highest BCUT2D eigenvalue weighted by molar-refractivity contribution is 9.11. The first-order valence-electron chi connectivity index (χ1n) is 18.5. The lowest BCUT2D eigenvalue weighted by atomic mass is 10.0. The molecule has 0 saturated carbocycles. The average Bonchev–Trinajstić information content (AvgIpc) is 3.23. The Balaban J connectivity index is 0.000000154. The molecular formula is C49H32Br2Cl2N2O3. The van der Waals surface area contributed by atoms with Crippen molar-refractivity contribution >= 4 is 89.2 Å². The van der Waals surface area contributed by atoms with Crippen molar-refractivity contribution in [3.8, 4) is 34.5 Å². The van der Waals surface area contributed by atoms with Gasteiger partial charge in [-0.05, 0) is 108 Å². The summed E-state index contributed by atoms with van der Waals surface area (Å²) in [6.07, 6.45) is 0.979. The van der Waals surface area contributed by atoms with Crippen molar-refractivity contribution < 1.29 is 14.2 Å². The Bertz CT molecular complexity index is 2450. The van der Waals surface area contributed by atoms with Gasteiger partial charge >= 0.3 is 0 Å². The van der Waals surface area contributed by atoms with E-state index in [1.54, 1.807) is 0 Å². The van der Waals surface area contributed by atoms with E-state index in [0.717, 1.165) is 89.0 Å². The average molecular weight is 928 g/mol. The second kappa shape index (κ2) is 16.6. The van der Waals surface area contributed by atoms with Gasteiger partial charge < -0.3 is 24.0 Å². The van der Waals surface area contributed by atoms with Gasteiger partial charge in [-0.3, -0.25) is 0 Å². The van der Waals surface area contributed by atoms with E-state index in [4.69, 9.17) is 37.4 Å². The predicted molar refractivity (Wildman–Crippen MR) is 244 cm³/mol. The first-order chi connectivity index (χ1) is 28.4. The molecule has 0 saturated heterocycles. The number of hydrogen-bond acceptors (Lipinski definition) is 5. The maximum Gasteiger partial charge on any atom is 0.151 e. The maximum absolute atomic E-state index is 6.78. The molecule has 8 aromatic rings. The van der Waals surface area contributed by atoms with Crippen LogP contribution in [0.15, 0.2) is 191 Å². The monoisotopic (exact) mass is 924 g/mol. The number of halogens is 4. The van der Waals surface area contributed by atoms with Crippen molar-refractivity contribution in [1.82, 2.24) is 0 Å². The lowest BCUT2D eigenvalue weighted by Crippen LogP contribution is -2.18. The van der Waals surface area contributed by atoms with Crippen LogP contribution in [0.3, 0.4) is 0 Å². The minimum atomic E-state index is 0.639. The number of benzene rings is 8. The smallest absolute Gasteiger partial charge is 0.151 e. The van der Waals surface area contributed by atoms with Crippen molar-refractivity contribution in [2.75, 3.05) is 9.80 Å². The molecule has 0 atom stereocenters. The van der Waals surface area contributed by atoms with Crippen molar-refractivity contribution in [2.24, 2.45) is 0 Å². The molecule has 284 valence electrons. The van der Waals surface area contributed by atoms with Crippen LogP contribution in [-0.2, 0) is 6.42 Å². The summed E-state index contributed by atoms with van der Waals surface area (Å²) in [5.41, 5.74) is 8.26. The zero-order valence-corrected chi connectivity index (χ0v) is 35.3. The molecule has 5 nitrogen and oxygen atoms in total. The Hall–Kier alpha value is -5.70. The van der Waals surface area contributed by atoms with Crippen LogP contribution in [0.4, 0.5) is 34.1 Å². The van der Waals surface area contributed by atoms with E-state index in [9.17, 15) is 0 Å². The van der Waals surface area contributed by atoms with Crippen molar-refractivity contribution in [3.63, 3.8) is 0 Å². The van der Waals surface area contributed by atoms with Crippen LogP contribution in [-0.4, -0.2) is 0 Å². The molecule has 9 heteroatoms. The van der Waals surface area contributed by atoms with E-state index in [1.165, 1.54) is 11.1 Å². The van der Waals surface area contributed by atoms with Crippen LogP contribution in [0, 0.1) is 0 Å². The highest BCUT2D eigenvalue weighted by Gasteiger charge is 2.29. The lowest BCUT2D eigenvalue weighted by molar-refractivity contribution is 0.460. The molecule has 8 aromatic carbocycles. The van der Waals surface area contributed by atoms with Gasteiger partial charge in [0.1, 0.15) is 11.5 Å². The normalized spacial score (nSPS) is 12.4. The van der Waals surface area contributed by atoms with E-state index < -0.39 is 0 Å². The van der Waals surface area contributed by atoms with Crippen LogP contribution in [0.5, 0.6) is 34.5 Å². The maximum atomic E-state index is 6.78. The van der Waals surface area contributed by atoms with Crippen molar-refractivity contribution in [1.29, 1.82) is 0 Å². The summed E-state index contributed by atoms with van der Waals surface area (Å²) < 4.78 is 20.1. The summed E-state index contributed by atoms with van der Waals surface area (Å²) in [5.74, 6) is 5.19. The van der Waals surface area contributed by atoms with Gasteiger partial charge in [0.2, 0.25) is 0 Å². The minimum Gasteiger partial charge on any atom is -0.457 e. The molecule has 0 aromatic heterocycles. The summed E-state index contributed by atoms with van der Waals surface area (Å²) >= 11 is 19.1. The number of hydrogen-bond donors (Lipinski definition) is 0. The van der Waals surface area contributed by atoms with E-state index >= 15 is 0 Å². The SMILES string of the molecule is Clc1cc(Br)cc(Br)c1.Clc1cc(N2c3ccccc3Oc3ccccc32)cc(N2c3ccccc3Oc3ccccc32)c1.c1ccc2c(c1)Cc1ccccc1O2. The Morgan fingerprint density at radius 3 is 1.05 bits per heavy atom. The lowest BCUT2D eigenvalue weighted by Gasteiger charge is -2.35. The van der Waals surface area contributed by atoms with Gasteiger partial charge in [-0.25, -0.2) is 0 Å². The van der Waals surface area contributed by atoms with Crippen LogP contribution in [0.1, 0.15) is 11.1 Å². The fourth-order valence-electron chi connectivity index (χ4n) is 7.13. The van der Waals surface area contributed by atoms with Gasteiger partial charge in [0, 0.05) is 36.8 Å². The van der Waals surface area contributed by atoms with Crippen LogP contribution in [0.2, 0.25) is 10.0 Å². The summed E-state index contributed by atoms with van der Waals surface area (Å²) in [7, 11) is 0. The number of ether oxygens (including phenoxy) is 3. The number of para-hydroxylation sites is 10. The molecule has 0 bridgehead atoms. The highest BCUT2D eigenvalue weighted by atomic mass is 79.9. The minimum absolute atomic E-state index is 0.639. The topological polar surface area (TPSA) is 34.2 Å². The summed E-state index contributed by atoms with van der Waals surface area (Å²) in [6, 6.07) is 60.3. The standard InChI is InChI=1S/C30H19ClN2O2.C13H10O.C6H3Br2Cl/c31-20-17-21(32-23-9-1-5-13-27(23)34-28-14-6-2-10-24(28)32)19-22(18-20)33-25-11-3-7-15-29(25)35-30-16-8-4-12-26(30)33;1-3-7-12-10(5-1)9-11-6-2-4-8-13(11)14-12;7-4-1-5(8)3-6(9)2-4/h1-19H;1-8H,9H2;1-3H. The van der Waals surface area contributed by atoms with Gasteiger partial charge in [0.15, 0.2) is 23.0 Å². The van der Waals surface area contributed by atoms with Gasteiger partial charge in [-0.1, -0.05) is 140 Å². The van der Waals surface area contributed by atoms with Gasteiger partial charge in [-0.15, -0.1) is 0 Å². The fraction of sp³-hybridized carbons (Fsp3) is 0.0204. The second-order valence-corrected chi connectivity index (χ2v) is 16.2. The van der Waals surface area contributed by atoms with Crippen LogP contribution < -0.4 is 24.0 Å². The Kier molecular flexibility index (Phi) is 10.9. The molecule has 0 radical (unpaired) electrons. The Labute approximate surface area is 363 Å². The third-order valence-electron chi connectivity index (χ3n) is 9.62. The van der Waals surface area contributed by atoms with E-state index in [0.29, 0.717) is 5.02 Å². The third kappa shape index (κ3) is 7.91. The highest BCUT2D eigenvalue weighted by Crippen LogP contribution is 2.54. The molecule has 11 rings (SSSR count). The largest absolute Gasteiger partial charge is 0.457 e. The molecule has 0 fully saturated rings. The molecule has 0 aliphatic carbocycles. The summed E-state index contributed by atoms with van der Waals surface area (Å²) in [6.45, 7) is 0. The first-order valence-corrected chi connectivity index (χ1v) is 20.8. The van der Waals surface area contributed by atoms with Gasteiger partial charge in [-0.2, -0.15) is 0 Å². The van der Waals surface area contributed by atoms with Gasteiger partial charge in [0.05, 0.1) is 22.7 Å². The number of nitrogens with zero attached hydrogens (tertiary/aromatic N) is 2. The first kappa shape index (κ1) is 37.9. The second-order valence-electron chi connectivity index (χ2n) is 13.5. The van der Waals surface area contributed by atoms with E-state index in [-0.39, 0.29) is 0 Å². The number of anilines is 6. The third-order valence-corrected chi connectivity index (χ3v) is 11.0. The number of fused-ring (bicyclic) bond motifs is 6. The molecule has 3 heterocycles. The summed E-state index contributed by atoms with van der Waals surface area (Å²) in [4.78, 5) is 4.39. The molecule has 3 aliphatic rings. The van der Waals surface area contributed by atoms with Crippen molar-refractivity contribution in [3.05, 3.63) is 212 Å².